The van der Waals surface area contributed by atoms with Crippen molar-refractivity contribution in [3.63, 3.8) is 0 Å². The molecule has 10 heteroatoms. The number of aromatic nitrogens is 4. The second kappa shape index (κ2) is 10.4. The zero-order valence-corrected chi connectivity index (χ0v) is 21.9. The first kappa shape index (κ1) is 24.5. The minimum atomic E-state index is 0.436. The van der Waals surface area contributed by atoms with E-state index in [1.807, 2.05) is 72.6 Å². The number of nitrogens with zero attached hydrogens (tertiary/aromatic N) is 4. The summed E-state index contributed by atoms with van der Waals surface area (Å²) < 4.78 is 3.80. The van der Waals surface area contributed by atoms with Gasteiger partial charge < -0.3 is 10.6 Å². The Morgan fingerprint density at radius 2 is 1.56 bits per heavy atom. The molecule has 0 bridgehead atoms. The molecular weight excluding hydrogens is 511 g/mol. The minimum absolute atomic E-state index is 0.436. The van der Waals surface area contributed by atoms with Crippen molar-refractivity contribution in [2.75, 3.05) is 10.6 Å². The summed E-state index contributed by atoms with van der Waals surface area (Å²) in [5.41, 5.74) is 5.68. The average molecular weight is 534 g/mol. The summed E-state index contributed by atoms with van der Waals surface area (Å²) in [5, 5.41) is 18.1. The molecule has 176 valence electrons. The highest BCUT2D eigenvalue weighted by molar-refractivity contribution is 7.80. The van der Waals surface area contributed by atoms with Crippen molar-refractivity contribution in [2.45, 2.75) is 33.9 Å². The summed E-state index contributed by atoms with van der Waals surface area (Å²) in [6.07, 6.45) is 0. The van der Waals surface area contributed by atoms with Gasteiger partial charge >= 0.3 is 0 Å². The molecule has 0 saturated heterocycles. The molecule has 34 heavy (non-hydrogen) atoms. The third-order valence-electron chi connectivity index (χ3n) is 5.42. The van der Waals surface area contributed by atoms with Gasteiger partial charge in [-0.1, -0.05) is 53.0 Å². The fourth-order valence-electron chi connectivity index (χ4n) is 3.60. The van der Waals surface area contributed by atoms with Crippen LogP contribution in [0, 0.1) is 20.8 Å². The van der Waals surface area contributed by atoms with Crippen molar-refractivity contribution in [3.05, 3.63) is 91.8 Å². The van der Waals surface area contributed by atoms with Gasteiger partial charge in [-0.25, -0.2) is 0 Å². The highest BCUT2D eigenvalue weighted by Crippen LogP contribution is 2.25. The summed E-state index contributed by atoms with van der Waals surface area (Å²) in [6.45, 7) is 7.09. The standard InChI is InChI=1S/C24H23Cl3N6S/c1-14-10-22(31-32(14)12-17-4-7-19(25)8-5-17)28-24(34)29-23-15(2)30-33(16(23)3)13-18-6-9-20(26)11-21(18)27/h4-11H,12-13H2,1-3H3,(H2,28,29,31,34). The number of aryl methyl sites for hydroxylation is 2. The Labute approximate surface area is 218 Å². The molecule has 0 unspecified atom stereocenters. The molecule has 0 aliphatic heterocycles. The maximum Gasteiger partial charge on any atom is 0.176 e. The lowest BCUT2D eigenvalue weighted by Crippen LogP contribution is -2.20. The smallest absolute Gasteiger partial charge is 0.176 e. The molecule has 2 aromatic carbocycles. The molecule has 4 aromatic rings. The van der Waals surface area contributed by atoms with Crippen LogP contribution in [0.5, 0.6) is 0 Å². The number of hydrogen-bond acceptors (Lipinski definition) is 3. The van der Waals surface area contributed by atoms with E-state index in [0.717, 1.165) is 33.9 Å². The number of rotatable bonds is 6. The van der Waals surface area contributed by atoms with Crippen molar-refractivity contribution in [1.29, 1.82) is 0 Å². The fourth-order valence-corrected chi connectivity index (χ4v) is 4.40. The molecule has 0 spiro atoms. The Bertz CT molecular complexity index is 1340. The van der Waals surface area contributed by atoms with Crippen LogP contribution in [0.3, 0.4) is 0 Å². The topological polar surface area (TPSA) is 59.7 Å². The first-order valence-electron chi connectivity index (χ1n) is 10.5. The number of thiocarbonyl (C=S) groups is 1. The van der Waals surface area contributed by atoms with E-state index in [9.17, 15) is 0 Å². The maximum atomic E-state index is 6.34. The molecule has 0 aliphatic rings. The molecule has 0 saturated carbocycles. The predicted molar refractivity (Wildman–Crippen MR) is 145 cm³/mol. The van der Waals surface area contributed by atoms with E-state index >= 15 is 0 Å². The van der Waals surface area contributed by atoms with Crippen LogP contribution in [0.25, 0.3) is 0 Å². The molecule has 2 N–H and O–H groups in total. The van der Waals surface area contributed by atoms with Gasteiger partial charge in [0.15, 0.2) is 10.9 Å². The van der Waals surface area contributed by atoms with Crippen molar-refractivity contribution in [1.82, 2.24) is 19.6 Å². The van der Waals surface area contributed by atoms with Crippen molar-refractivity contribution in [2.24, 2.45) is 0 Å². The number of hydrogen-bond donors (Lipinski definition) is 2. The van der Waals surface area contributed by atoms with Gasteiger partial charge in [0.1, 0.15) is 0 Å². The van der Waals surface area contributed by atoms with Crippen LogP contribution in [0.4, 0.5) is 11.5 Å². The molecule has 0 fully saturated rings. The third kappa shape index (κ3) is 5.73. The van der Waals surface area contributed by atoms with Crippen LogP contribution in [-0.4, -0.2) is 24.7 Å². The summed E-state index contributed by atoms with van der Waals surface area (Å²) in [4.78, 5) is 0. The summed E-state index contributed by atoms with van der Waals surface area (Å²) in [6, 6.07) is 15.1. The number of anilines is 2. The van der Waals surface area contributed by atoms with Crippen LogP contribution in [0.15, 0.2) is 48.5 Å². The highest BCUT2D eigenvalue weighted by Gasteiger charge is 2.15. The maximum absolute atomic E-state index is 6.34. The van der Waals surface area contributed by atoms with E-state index in [-0.39, 0.29) is 0 Å². The van der Waals surface area contributed by atoms with Crippen molar-refractivity contribution in [3.8, 4) is 0 Å². The molecule has 4 rings (SSSR count). The monoisotopic (exact) mass is 532 g/mol. The first-order valence-corrected chi connectivity index (χ1v) is 12.1. The number of benzene rings is 2. The molecule has 0 amide bonds. The van der Waals surface area contributed by atoms with Crippen molar-refractivity contribution < 1.29 is 0 Å². The Morgan fingerprint density at radius 3 is 2.26 bits per heavy atom. The fraction of sp³-hybridized carbons (Fsp3) is 0.208. The third-order valence-corrected chi connectivity index (χ3v) is 6.47. The Hall–Kier alpha value is -2.58. The molecule has 0 aliphatic carbocycles. The van der Waals surface area contributed by atoms with E-state index in [0.29, 0.717) is 39.1 Å². The summed E-state index contributed by atoms with van der Waals surface area (Å²) >= 11 is 23.9. The van der Waals surface area contributed by atoms with Gasteiger partial charge in [0.2, 0.25) is 0 Å². The van der Waals surface area contributed by atoms with Crippen LogP contribution in [0.2, 0.25) is 15.1 Å². The van der Waals surface area contributed by atoms with Gasteiger partial charge in [-0.15, -0.1) is 0 Å². The quantitative estimate of drug-likeness (QED) is 0.265. The zero-order valence-electron chi connectivity index (χ0n) is 18.9. The van der Waals surface area contributed by atoms with E-state index < -0.39 is 0 Å². The van der Waals surface area contributed by atoms with Crippen LogP contribution < -0.4 is 10.6 Å². The van der Waals surface area contributed by atoms with Gasteiger partial charge in [0, 0.05) is 26.8 Å². The van der Waals surface area contributed by atoms with E-state index in [2.05, 4.69) is 20.8 Å². The van der Waals surface area contributed by atoms with Gasteiger partial charge in [0.25, 0.3) is 0 Å². The largest absolute Gasteiger partial charge is 0.329 e. The average Bonchev–Trinajstić information content (AvgIpc) is 3.24. The molecule has 2 heterocycles. The molecule has 2 aromatic heterocycles. The zero-order chi connectivity index (χ0) is 24.4. The Morgan fingerprint density at radius 1 is 0.853 bits per heavy atom. The van der Waals surface area contributed by atoms with Crippen molar-refractivity contribution >= 4 is 63.6 Å². The molecule has 0 radical (unpaired) electrons. The first-order chi connectivity index (χ1) is 16.2. The van der Waals surface area contributed by atoms with E-state index in [1.165, 1.54) is 0 Å². The van der Waals surface area contributed by atoms with Gasteiger partial charge in [-0.2, -0.15) is 10.2 Å². The lowest BCUT2D eigenvalue weighted by atomic mass is 10.2. The molecule has 0 atom stereocenters. The normalized spacial score (nSPS) is 11.0. The van der Waals surface area contributed by atoms with Crippen LogP contribution >= 0.6 is 47.0 Å². The minimum Gasteiger partial charge on any atom is -0.329 e. The summed E-state index contributed by atoms with van der Waals surface area (Å²) in [5.74, 6) is 0.666. The van der Waals surface area contributed by atoms with E-state index in [4.69, 9.17) is 47.0 Å². The van der Waals surface area contributed by atoms with Gasteiger partial charge in [0.05, 0.1) is 30.2 Å². The highest BCUT2D eigenvalue weighted by atomic mass is 35.5. The number of nitrogens with one attached hydrogen (secondary N) is 2. The van der Waals surface area contributed by atoms with Gasteiger partial charge in [-0.3, -0.25) is 9.36 Å². The molecule has 6 nitrogen and oxygen atoms in total. The number of halogens is 3. The van der Waals surface area contributed by atoms with Crippen LogP contribution in [0.1, 0.15) is 28.2 Å². The Kier molecular flexibility index (Phi) is 7.48. The van der Waals surface area contributed by atoms with Gasteiger partial charge in [-0.05, 0) is 68.4 Å². The second-order valence-corrected chi connectivity index (χ2v) is 9.66. The molecular formula is C24H23Cl3N6S. The SMILES string of the molecule is Cc1nn(Cc2ccc(Cl)cc2Cl)c(C)c1NC(=S)Nc1cc(C)n(Cc2ccc(Cl)cc2)n1. The lowest BCUT2D eigenvalue weighted by molar-refractivity contribution is 0.659. The Balaban J connectivity index is 1.43. The lowest BCUT2D eigenvalue weighted by Gasteiger charge is -2.10. The second-order valence-electron chi connectivity index (χ2n) is 7.97. The van der Waals surface area contributed by atoms with Crippen LogP contribution in [-0.2, 0) is 13.1 Å². The van der Waals surface area contributed by atoms with E-state index in [1.54, 1.807) is 6.07 Å². The summed E-state index contributed by atoms with van der Waals surface area (Å²) in [7, 11) is 0. The predicted octanol–water partition coefficient (Wildman–Crippen LogP) is 6.87.